The van der Waals surface area contributed by atoms with Gasteiger partial charge in [0.1, 0.15) is 0 Å². The fourth-order valence-corrected chi connectivity index (χ4v) is 4.36. The number of hydrogen-bond donors (Lipinski definition) is 0. The lowest BCUT2D eigenvalue weighted by Gasteiger charge is -2.15. The van der Waals surface area contributed by atoms with E-state index in [2.05, 4.69) is 31.2 Å². The molecule has 0 amide bonds. The highest BCUT2D eigenvalue weighted by Gasteiger charge is 2.30. The number of unbranched alkanes of at least 4 members (excludes halogenated alkanes) is 10. The summed E-state index contributed by atoms with van der Waals surface area (Å²) in [4.78, 5) is 12.5. The molecule has 156 valence electrons. The predicted octanol–water partition coefficient (Wildman–Crippen LogP) is 8.00. The van der Waals surface area contributed by atoms with Crippen LogP contribution in [0.4, 0.5) is 0 Å². The molecule has 0 radical (unpaired) electrons. The smallest absolute Gasteiger partial charge is 0.306 e. The molecule has 0 fully saturated rings. The van der Waals surface area contributed by atoms with E-state index in [9.17, 15) is 4.79 Å². The highest BCUT2D eigenvalue weighted by Crippen LogP contribution is 2.45. The second-order valence-corrected chi connectivity index (χ2v) is 8.33. The average Bonchev–Trinajstić information content (AvgIpc) is 3.06. The van der Waals surface area contributed by atoms with E-state index in [4.69, 9.17) is 4.74 Å². The zero-order valence-corrected chi connectivity index (χ0v) is 18.0. The molecule has 0 spiro atoms. The Morgan fingerprint density at radius 2 is 1.14 bits per heavy atom. The van der Waals surface area contributed by atoms with Gasteiger partial charge in [-0.05, 0) is 17.5 Å². The fourth-order valence-electron chi connectivity index (χ4n) is 4.36. The van der Waals surface area contributed by atoms with Crippen molar-refractivity contribution in [3.8, 4) is 11.1 Å². The minimum atomic E-state index is -0.248. The fraction of sp³-hybridized carbons (Fsp3) is 0.519. The number of esters is 1. The van der Waals surface area contributed by atoms with Gasteiger partial charge < -0.3 is 4.74 Å². The van der Waals surface area contributed by atoms with Crippen LogP contribution in [-0.2, 0) is 9.53 Å². The molecular weight excluding hydrogens is 356 g/mol. The molecule has 0 unspecified atom stereocenters. The molecule has 1 aliphatic rings. The van der Waals surface area contributed by atoms with E-state index in [0.29, 0.717) is 6.42 Å². The van der Waals surface area contributed by atoms with Gasteiger partial charge in [-0.2, -0.15) is 0 Å². The molecule has 0 N–H and O–H groups in total. The van der Waals surface area contributed by atoms with Crippen LogP contribution in [0.1, 0.15) is 101 Å². The zero-order chi connectivity index (χ0) is 20.3. The van der Waals surface area contributed by atoms with Crippen LogP contribution in [0.25, 0.3) is 11.1 Å². The quantitative estimate of drug-likeness (QED) is 0.255. The summed E-state index contributed by atoms with van der Waals surface area (Å²) in [7, 11) is 0. The van der Waals surface area contributed by atoms with Crippen molar-refractivity contribution in [2.24, 2.45) is 0 Å². The largest absolute Gasteiger partial charge is 0.452 e. The molecule has 0 heterocycles. The van der Waals surface area contributed by atoms with Crippen LogP contribution in [-0.4, -0.2) is 5.97 Å². The van der Waals surface area contributed by atoms with Gasteiger partial charge in [0.15, 0.2) is 6.10 Å². The number of benzene rings is 2. The van der Waals surface area contributed by atoms with E-state index >= 15 is 0 Å². The van der Waals surface area contributed by atoms with Crippen molar-refractivity contribution in [3.63, 3.8) is 0 Å². The Hall–Kier alpha value is -2.09. The van der Waals surface area contributed by atoms with E-state index in [-0.39, 0.29) is 12.1 Å². The minimum absolute atomic E-state index is 0.0718. The number of hydrogen-bond acceptors (Lipinski definition) is 2. The molecule has 2 aromatic rings. The lowest BCUT2D eigenvalue weighted by molar-refractivity contribution is -0.147. The Morgan fingerprint density at radius 1 is 0.690 bits per heavy atom. The first kappa shape index (κ1) is 21.6. The van der Waals surface area contributed by atoms with Gasteiger partial charge >= 0.3 is 5.97 Å². The Labute approximate surface area is 176 Å². The maximum absolute atomic E-state index is 12.5. The van der Waals surface area contributed by atoms with Crippen LogP contribution in [0.15, 0.2) is 48.5 Å². The van der Waals surface area contributed by atoms with Crippen molar-refractivity contribution in [1.82, 2.24) is 0 Å². The first-order valence-corrected chi connectivity index (χ1v) is 11.7. The summed E-state index contributed by atoms with van der Waals surface area (Å²) in [5.41, 5.74) is 4.60. The Morgan fingerprint density at radius 3 is 1.66 bits per heavy atom. The minimum Gasteiger partial charge on any atom is -0.452 e. The molecule has 2 nitrogen and oxygen atoms in total. The molecule has 0 aliphatic heterocycles. The number of carbonyl (C=O) groups excluding carboxylic acids is 1. The summed E-state index contributed by atoms with van der Waals surface area (Å²) in [6.07, 6.45) is 14.5. The van der Waals surface area contributed by atoms with Crippen LogP contribution < -0.4 is 0 Å². The highest BCUT2D eigenvalue weighted by atomic mass is 16.5. The van der Waals surface area contributed by atoms with Gasteiger partial charge in [0, 0.05) is 17.5 Å². The monoisotopic (exact) mass is 392 g/mol. The van der Waals surface area contributed by atoms with Gasteiger partial charge in [0.25, 0.3) is 0 Å². The lowest BCUT2D eigenvalue weighted by Crippen LogP contribution is -2.10. The molecule has 0 atom stereocenters. The van der Waals surface area contributed by atoms with Gasteiger partial charge in [0.05, 0.1) is 0 Å². The van der Waals surface area contributed by atoms with Gasteiger partial charge in [-0.1, -0.05) is 120 Å². The van der Waals surface area contributed by atoms with E-state index in [1.54, 1.807) is 0 Å². The second-order valence-electron chi connectivity index (χ2n) is 8.33. The predicted molar refractivity (Wildman–Crippen MR) is 121 cm³/mol. The standard InChI is InChI=1S/C27H36O2/c1-2-3-4-5-6-7-8-9-10-11-12-21-26(28)29-27-24-19-15-13-17-22(24)23-18-14-16-20-25(23)27/h13-20,27H,2-12,21H2,1H3. The van der Waals surface area contributed by atoms with Gasteiger partial charge in [-0.25, -0.2) is 0 Å². The summed E-state index contributed by atoms with van der Waals surface area (Å²) in [6.45, 7) is 2.27. The van der Waals surface area contributed by atoms with Crippen molar-refractivity contribution in [2.75, 3.05) is 0 Å². The van der Waals surface area contributed by atoms with Gasteiger partial charge in [-0.15, -0.1) is 0 Å². The van der Waals surface area contributed by atoms with E-state index in [1.807, 2.05) is 24.3 Å². The van der Waals surface area contributed by atoms with Crippen LogP contribution in [0.5, 0.6) is 0 Å². The highest BCUT2D eigenvalue weighted by molar-refractivity contribution is 5.80. The average molecular weight is 393 g/mol. The number of carbonyl (C=O) groups is 1. The van der Waals surface area contributed by atoms with E-state index in [1.165, 1.54) is 68.9 Å². The summed E-state index contributed by atoms with van der Waals surface area (Å²) >= 11 is 0. The van der Waals surface area contributed by atoms with Crippen molar-refractivity contribution in [3.05, 3.63) is 59.7 Å². The molecule has 0 saturated carbocycles. The number of ether oxygens (including phenoxy) is 1. The van der Waals surface area contributed by atoms with E-state index < -0.39 is 0 Å². The van der Waals surface area contributed by atoms with Crippen LogP contribution in [0.3, 0.4) is 0 Å². The van der Waals surface area contributed by atoms with Crippen LogP contribution >= 0.6 is 0 Å². The van der Waals surface area contributed by atoms with Crippen molar-refractivity contribution in [2.45, 2.75) is 90.1 Å². The molecule has 0 saturated heterocycles. The first-order chi connectivity index (χ1) is 14.3. The third-order valence-electron chi connectivity index (χ3n) is 6.01. The van der Waals surface area contributed by atoms with Crippen LogP contribution in [0, 0.1) is 0 Å². The normalized spacial score (nSPS) is 12.6. The van der Waals surface area contributed by atoms with E-state index in [0.717, 1.165) is 24.0 Å². The molecule has 29 heavy (non-hydrogen) atoms. The Bertz CT molecular complexity index is 719. The maximum atomic E-state index is 12.5. The number of fused-ring (bicyclic) bond motifs is 3. The number of rotatable bonds is 13. The molecule has 0 bridgehead atoms. The summed E-state index contributed by atoms with van der Waals surface area (Å²) < 4.78 is 5.92. The molecular formula is C27H36O2. The summed E-state index contributed by atoms with van der Waals surface area (Å²) in [6, 6.07) is 16.5. The van der Waals surface area contributed by atoms with Crippen molar-refractivity contribution in [1.29, 1.82) is 0 Å². The van der Waals surface area contributed by atoms with Crippen molar-refractivity contribution >= 4 is 5.97 Å². The topological polar surface area (TPSA) is 26.3 Å². The maximum Gasteiger partial charge on any atom is 0.306 e. The molecule has 1 aliphatic carbocycles. The Kier molecular flexibility index (Phi) is 8.80. The third-order valence-corrected chi connectivity index (χ3v) is 6.01. The van der Waals surface area contributed by atoms with Crippen molar-refractivity contribution < 1.29 is 9.53 Å². The van der Waals surface area contributed by atoms with Gasteiger partial charge in [-0.3, -0.25) is 4.79 Å². The molecule has 2 aromatic carbocycles. The summed E-state index contributed by atoms with van der Waals surface area (Å²) in [5, 5.41) is 0. The molecule has 3 rings (SSSR count). The zero-order valence-electron chi connectivity index (χ0n) is 18.0. The summed E-state index contributed by atoms with van der Waals surface area (Å²) in [5.74, 6) is -0.0718. The lowest BCUT2D eigenvalue weighted by atomic mass is 10.1. The molecule has 0 aromatic heterocycles. The second kappa shape index (κ2) is 11.8. The Balaban J connectivity index is 1.34. The SMILES string of the molecule is CCCCCCCCCCCCCC(=O)OC1c2ccccc2-c2ccccc21. The first-order valence-electron chi connectivity index (χ1n) is 11.7. The molecule has 2 heteroatoms. The van der Waals surface area contributed by atoms with Gasteiger partial charge in [0.2, 0.25) is 0 Å². The van der Waals surface area contributed by atoms with Crippen LogP contribution in [0.2, 0.25) is 0 Å². The third kappa shape index (κ3) is 6.19.